The number of primary amides is 1. The Bertz CT molecular complexity index is 1090. The third kappa shape index (κ3) is 9.23. The lowest BCUT2D eigenvalue weighted by Crippen LogP contribution is -2.58. The minimum absolute atomic E-state index is 0.0382. The topological polar surface area (TPSA) is 263 Å². The van der Waals surface area contributed by atoms with Crippen molar-refractivity contribution >= 4 is 29.6 Å². The number of rotatable bonds is 14. The molecular weight excluding hydrogens is 490 g/mol. The number of hydrogen-bond donors (Lipinski definition) is 9. The number of benzene rings is 1. The minimum atomic E-state index is -1.65. The largest absolute Gasteiger partial charge is 0.508 e. The SMILES string of the molecule is NC(=O)CC(NC(=O)C(Cc1ccc(O)cc1)NC(=O)C(Cc1cnc[nH]1)NC(=O)C(N)CO)C(=O)O. The number of amides is 4. The second-order valence-corrected chi connectivity index (χ2v) is 8.13. The molecule has 1 aromatic heterocycles. The summed E-state index contributed by atoms with van der Waals surface area (Å²) in [6.07, 6.45) is 1.88. The van der Waals surface area contributed by atoms with Crippen LogP contribution in [0, 0.1) is 0 Å². The highest BCUT2D eigenvalue weighted by molar-refractivity contribution is 5.95. The van der Waals surface area contributed by atoms with Crippen molar-refractivity contribution in [3.8, 4) is 5.75 Å². The van der Waals surface area contributed by atoms with Crippen molar-refractivity contribution in [2.75, 3.05) is 6.61 Å². The highest BCUT2D eigenvalue weighted by Crippen LogP contribution is 2.12. The fourth-order valence-corrected chi connectivity index (χ4v) is 3.21. The van der Waals surface area contributed by atoms with E-state index in [1.54, 1.807) is 0 Å². The molecule has 2 rings (SSSR count). The van der Waals surface area contributed by atoms with E-state index in [0.717, 1.165) is 0 Å². The smallest absolute Gasteiger partial charge is 0.326 e. The number of carboxylic acids is 1. The molecule has 1 aromatic carbocycles. The highest BCUT2D eigenvalue weighted by Gasteiger charge is 2.31. The maximum atomic E-state index is 13.2. The van der Waals surface area contributed by atoms with Crippen LogP contribution in [-0.2, 0) is 36.8 Å². The molecule has 0 radical (unpaired) electrons. The number of nitrogens with zero attached hydrogens (tertiary/aromatic N) is 1. The van der Waals surface area contributed by atoms with E-state index in [1.807, 2.05) is 0 Å². The number of carboxylic acid groups (broad SMARTS) is 1. The average molecular weight is 520 g/mol. The van der Waals surface area contributed by atoms with Crippen LogP contribution in [0.2, 0.25) is 0 Å². The second kappa shape index (κ2) is 13.6. The molecular formula is C22H29N7O8. The molecule has 15 heteroatoms. The molecule has 0 bridgehead atoms. The average Bonchev–Trinajstić information content (AvgIpc) is 3.36. The van der Waals surface area contributed by atoms with Gasteiger partial charge in [0.1, 0.15) is 29.9 Å². The summed E-state index contributed by atoms with van der Waals surface area (Å²) in [6.45, 7) is -0.674. The van der Waals surface area contributed by atoms with E-state index < -0.39 is 66.8 Å². The number of phenolic OH excluding ortho intramolecular Hbond substituents is 1. The zero-order valence-electron chi connectivity index (χ0n) is 19.6. The molecule has 0 saturated carbocycles. The van der Waals surface area contributed by atoms with E-state index in [2.05, 4.69) is 25.9 Å². The summed E-state index contributed by atoms with van der Waals surface area (Å²) in [6, 6.07) is 0.119. The van der Waals surface area contributed by atoms with Gasteiger partial charge in [-0.3, -0.25) is 19.2 Å². The van der Waals surface area contributed by atoms with Gasteiger partial charge in [-0.15, -0.1) is 0 Å². The zero-order chi connectivity index (χ0) is 27.5. The number of phenols is 1. The Hall–Kier alpha value is -4.50. The molecule has 0 saturated heterocycles. The summed E-state index contributed by atoms with van der Waals surface area (Å²) in [5, 5.41) is 35.1. The summed E-state index contributed by atoms with van der Waals surface area (Å²) in [5.74, 6) is -5.10. The van der Waals surface area contributed by atoms with Gasteiger partial charge in [-0.25, -0.2) is 9.78 Å². The number of nitrogens with one attached hydrogen (secondary N) is 4. The molecule has 200 valence electrons. The zero-order valence-corrected chi connectivity index (χ0v) is 19.6. The first-order valence-electron chi connectivity index (χ1n) is 11.0. The predicted molar refractivity (Wildman–Crippen MR) is 126 cm³/mol. The standard InChI is InChI=1S/C22H29N7O8/c23-14(9-30)19(33)27-16(6-12-8-25-10-26-12)21(35)28-15(5-11-1-3-13(31)4-2-11)20(34)29-17(22(36)37)7-18(24)32/h1-4,8,10,14-17,30-31H,5-7,9,23H2,(H2,24,32)(H,25,26)(H,27,33)(H,28,35)(H,29,34)(H,36,37). The van der Waals surface area contributed by atoms with Crippen LogP contribution in [0.4, 0.5) is 0 Å². The Morgan fingerprint density at radius 2 is 1.49 bits per heavy atom. The van der Waals surface area contributed by atoms with Gasteiger partial charge in [-0.2, -0.15) is 0 Å². The van der Waals surface area contributed by atoms with E-state index in [9.17, 15) is 34.2 Å². The van der Waals surface area contributed by atoms with E-state index in [4.69, 9.17) is 16.6 Å². The number of H-pyrrole nitrogens is 1. The molecule has 2 aromatic rings. The van der Waals surface area contributed by atoms with Crippen LogP contribution in [0.5, 0.6) is 5.75 Å². The van der Waals surface area contributed by atoms with Gasteiger partial charge in [0.2, 0.25) is 23.6 Å². The Morgan fingerprint density at radius 3 is 2.00 bits per heavy atom. The summed E-state index contributed by atoms with van der Waals surface area (Å²) in [7, 11) is 0. The number of aromatic amines is 1. The summed E-state index contributed by atoms with van der Waals surface area (Å²) in [4.78, 5) is 67.8. The van der Waals surface area contributed by atoms with Crippen LogP contribution in [0.3, 0.4) is 0 Å². The molecule has 11 N–H and O–H groups in total. The van der Waals surface area contributed by atoms with Crippen LogP contribution in [0.15, 0.2) is 36.8 Å². The van der Waals surface area contributed by atoms with Gasteiger partial charge >= 0.3 is 5.97 Å². The van der Waals surface area contributed by atoms with Crippen molar-refractivity contribution in [3.63, 3.8) is 0 Å². The third-order valence-corrected chi connectivity index (χ3v) is 5.17. The Morgan fingerprint density at radius 1 is 0.919 bits per heavy atom. The quantitative estimate of drug-likeness (QED) is 0.120. The van der Waals surface area contributed by atoms with Gasteiger partial charge in [0.05, 0.1) is 19.4 Å². The van der Waals surface area contributed by atoms with Crippen LogP contribution < -0.4 is 27.4 Å². The maximum Gasteiger partial charge on any atom is 0.326 e. The molecule has 0 aliphatic rings. The normalized spacial score (nSPS) is 14.0. The highest BCUT2D eigenvalue weighted by atomic mass is 16.4. The number of hydrogen-bond acceptors (Lipinski definition) is 9. The number of aliphatic hydroxyl groups excluding tert-OH is 1. The van der Waals surface area contributed by atoms with E-state index >= 15 is 0 Å². The van der Waals surface area contributed by atoms with E-state index in [1.165, 1.54) is 36.8 Å². The summed E-state index contributed by atoms with van der Waals surface area (Å²) < 4.78 is 0. The number of imidazole rings is 1. The van der Waals surface area contributed by atoms with Crippen molar-refractivity contribution in [1.82, 2.24) is 25.9 Å². The van der Waals surface area contributed by atoms with Gasteiger partial charge in [-0.05, 0) is 17.7 Å². The predicted octanol–water partition coefficient (Wildman–Crippen LogP) is -3.37. The molecule has 0 spiro atoms. The molecule has 37 heavy (non-hydrogen) atoms. The van der Waals surface area contributed by atoms with Gasteiger partial charge in [0.25, 0.3) is 0 Å². The second-order valence-electron chi connectivity index (χ2n) is 8.13. The van der Waals surface area contributed by atoms with Crippen molar-refractivity contribution < 1.29 is 39.3 Å². The molecule has 4 amide bonds. The van der Waals surface area contributed by atoms with E-state index in [0.29, 0.717) is 11.3 Å². The number of aromatic hydroxyl groups is 1. The lowest BCUT2D eigenvalue weighted by Gasteiger charge is -2.25. The fraction of sp³-hybridized carbons (Fsp3) is 0.364. The Labute approximate surface area is 210 Å². The van der Waals surface area contributed by atoms with Crippen molar-refractivity contribution in [2.24, 2.45) is 11.5 Å². The molecule has 4 unspecified atom stereocenters. The van der Waals surface area contributed by atoms with Crippen LogP contribution in [0.1, 0.15) is 17.7 Å². The molecule has 0 aliphatic heterocycles. The lowest BCUT2D eigenvalue weighted by atomic mass is 10.0. The van der Waals surface area contributed by atoms with Gasteiger partial charge in [-0.1, -0.05) is 12.1 Å². The maximum absolute atomic E-state index is 13.2. The van der Waals surface area contributed by atoms with Crippen molar-refractivity contribution in [2.45, 2.75) is 43.4 Å². The first-order chi connectivity index (χ1) is 17.5. The molecule has 1 heterocycles. The summed E-state index contributed by atoms with van der Waals surface area (Å²) >= 11 is 0. The monoisotopic (exact) mass is 519 g/mol. The lowest BCUT2D eigenvalue weighted by molar-refractivity contribution is -0.143. The fourth-order valence-electron chi connectivity index (χ4n) is 3.21. The van der Waals surface area contributed by atoms with Crippen molar-refractivity contribution in [1.29, 1.82) is 0 Å². The number of carbonyl (C=O) groups is 5. The van der Waals surface area contributed by atoms with Crippen LogP contribution >= 0.6 is 0 Å². The number of aliphatic carboxylic acids is 1. The van der Waals surface area contributed by atoms with Gasteiger partial charge < -0.3 is 47.7 Å². The third-order valence-electron chi connectivity index (χ3n) is 5.17. The first kappa shape index (κ1) is 28.7. The van der Waals surface area contributed by atoms with Gasteiger partial charge in [0, 0.05) is 24.7 Å². The van der Waals surface area contributed by atoms with Crippen molar-refractivity contribution in [3.05, 3.63) is 48.0 Å². The molecule has 15 nitrogen and oxygen atoms in total. The van der Waals surface area contributed by atoms with Crippen LogP contribution in [-0.4, -0.2) is 85.7 Å². The molecule has 0 fully saturated rings. The number of aliphatic hydroxyl groups is 1. The van der Waals surface area contributed by atoms with Gasteiger partial charge in [0.15, 0.2) is 0 Å². The number of nitrogens with two attached hydrogens (primary N) is 2. The number of aromatic nitrogens is 2. The summed E-state index contributed by atoms with van der Waals surface area (Å²) in [5.41, 5.74) is 11.6. The molecule has 4 atom stereocenters. The van der Waals surface area contributed by atoms with E-state index in [-0.39, 0.29) is 18.6 Å². The van der Waals surface area contributed by atoms with Crippen LogP contribution in [0.25, 0.3) is 0 Å². The Balaban J connectivity index is 2.29. The minimum Gasteiger partial charge on any atom is -0.508 e. The Kier molecular flexibility index (Phi) is 10.5. The number of carbonyl (C=O) groups excluding carboxylic acids is 4. The molecule has 0 aliphatic carbocycles. The first-order valence-corrected chi connectivity index (χ1v) is 11.0.